The van der Waals surface area contributed by atoms with E-state index in [1.54, 1.807) is 0 Å². The van der Waals surface area contributed by atoms with Crippen molar-refractivity contribution in [2.24, 2.45) is 0 Å². The summed E-state index contributed by atoms with van der Waals surface area (Å²) in [5.41, 5.74) is 0.374. The summed E-state index contributed by atoms with van der Waals surface area (Å²) in [6, 6.07) is 7.63. The molecule has 3 heterocycles. The zero-order valence-electron chi connectivity index (χ0n) is 13.9. The molecule has 10 heteroatoms. The van der Waals surface area contributed by atoms with Crippen LogP contribution in [0.25, 0.3) is 22.8 Å². The number of pyridine rings is 3. The van der Waals surface area contributed by atoms with Crippen LogP contribution in [0, 0.1) is 0 Å². The first-order chi connectivity index (χ1) is 12.8. The fourth-order valence-corrected chi connectivity index (χ4v) is 2.32. The standard InChI is InChI=1S/C18H11N3O6.Ru/c22-16(23)9-1-3-19-12(5-9)14-7-11(18(26)27)8-15(21-14)13-6-10(17(24)25)2-4-20-13;/h1-8H,(H,22,23)(H,24,25)(H,26,27);. The second-order valence-electron chi connectivity index (χ2n) is 5.40. The Kier molecular flexibility index (Phi) is 6.27. The summed E-state index contributed by atoms with van der Waals surface area (Å²) in [5.74, 6) is -3.56. The Bertz CT molecular complexity index is 1010. The van der Waals surface area contributed by atoms with Crippen molar-refractivity contribution in [3.63, 3.8) is 0 Å². The Morgan fingerprint density at radius 3 is 1.32 bits per heavy atom. The maximum atomic E-state index is 11.5. The summed E-state index contributed by atoms with van der Waals surface area (Å²) in [6.45, 7) is 0. The van der Waals surface area contributed by atoms with Gasteiger partial charge in [-0.15, -0.1) is 0 Å². The van der Waals surface area contributed by atoms with Crippen molar-refractivity contribution in [3.8, 4) is 22.8 Å². The van der Waals surface area contributed by atoms with Gasteiger partial charge in [-0.2, -0.15) is 0 Å². The molecule has 0 saturated heterocycles. The Morgan fingerprint density at radius 1 is 0.607 bits per heavy atom. The number of carbonyl (C=O) groups is 3. The summed E-state index contributed by atoms with van der Waals surface area (Å²) in [5, 5.41) is 27.6. The van der Waals surface area contributed by atoms with Crippen LogP contribution in [-0.4, -0.2) is 48.2 Å². The van der Waals surface area contributed by atoms with Gasteiger partial charge in [-0.25, -0.2) is 19.4 Å². The number of carboxylic acid groups (broad SMARTS) is 3. The molecule has 0 aliphatic rings. The van der Waals surface area contributed by atoms with Crippen molar-refractivity contribution >= 4 is 17.9 Å². The second-order valence-corrected chi connectivity index (χ2v) is 5.40. The number of hydrogen-bond donors (Lipinski definition) is 3. The Hall–Kier alpha value is -3.52. The fourth-order valence-electron chi connectivity index (χ4n) is 2.32. The van der Waals surface area contributed by atoms with E-state index >= 15 is 0 Å². The Balaban J connectivity index is 0.00000280. The summed E-state index contributed by atoms with van der Waals surface area (Å²) < 4.78 is 0. The van der Waals surface area contributed by atoms with E-state index in [0.717, 1.165) is 0 Å². The molecule has 0 spiro atoms. The predicted octanol–water partition coefficient (Wildman–Crippen LogP) is 2.30. The molecular formula is C18H11N3O6Ru. The van der Waals surface area contributed by atoms with Gasteiger partial charge in [0.1, 0.15) is 0 Å². The van der Waals surface area contributed by atoms with Gasteiger partial charge in [0.25, 0.3) is 0 Å². The minimum atomic E-state index is -1.23. The molecular weight excluding hydrogens is 455 g/mol. The van der Waals surface area contributed by atoms with Gasteiger partial charge in [-0.3, -0.25) is 9.97 Å². The van der Waals surface area contributed by atoms with Crippen LogP contribution in [0.5, 0.6) is 0 Å². The molecule has 9 nitrogen and oxygen atoms in total. The van der Waals surface area contributed by atoms with Crippen molar-refractivity contribution in [1.82, 2.24) is 15.0 Å². The van der Waals surface area contributed by atoms with Crippen molar-refractivity contribution in [1.29, 1.82) is 0 Å². The monoisotopic (exact) mass is 467 g/mol. The van der Waals surface area contributed by atoms with Crippen LogP contribution >= 0.6 is 0 Å². The first-order valence-electron chi connectivity index (χ1n) is 7.50. The maximum absolute atomic E-state index is 11.5. The van der Waals surface area contributed by atoms with Crippen molar-refractivity contribution < 1.29 is 49.2 Å². The van der Waals surface area contributed by atoms with Gasteiger partial charge in [0.15, 0.2) is 0 Å². The molecule has 0 unspecified atom stereocenters. The summed E-state index contributed by atoms with van der Waals surface area (Å²) in [6.07, 6.45) is 2.55. The predicted molar refractivity (Wildman–Crippen MR) is 91.6 cm³/mol. The van der Waals surface area contributed by atoms with E-state index < -0.39 is 17.9 Å². The van der Waals surface area contributed by atoms with Gasteiger partial charge < -0.3 is 15.3 Å². The van der Waals surface area contributed by atoms with Crippen LogP contribution in [0.4, 0.5) is 0 Å². The third-order valence-corrected chi connectivity index (χ3v) is 3.61. The van der Waals surface area contributed by atoms with Crippen LogP contribution in [0.3, 0.4) is 0 Å². The first-order valence-corrected chi connectivity index (χ1v) is 7.50. The minimum absolute atomic E-state index is 0. The SMILES string of the molecule is O=C(O)c1ccnc(-c2cc(C(=O)O)cc(-c3cc(C(=O)O)ccn3)n2)c1.[Ru]. The van der Waals surface area contributed by atoms with Crippen LogP contribution in [-0.2, 0) is 19.5 Å². The van der Waals surface area contributed by atoms with Gasteiger partial charge in [0, 0.05) is 31.9 Å². The third kappa shape index (κ3) is 4.41. The Labute approximate surface area is 170 Å². The van der Waals surface area contributed by atoms with Crippen molar-refractivity contribution in [2.75, 3.05) is 0 Å². The van der Waals surface area contributed by atoms with E-state index in [9.17, 15) is 19.5 Å². The number of aromatic nitrogens is 3. The normalized spacial score (nSPS) is 10.0. The molecule has 3 aromatic rings. The molecule has 0 bridgehead atoms. The van der Waals surface area contributed by atoms with Gasteiger partial charge in [0.05, 0.1) is 39.5 Å². The minimum Gasteiger partial charge on any atom is -0.478 e. The van der Waals surface area contributed by atoms with Crippen LogP contribution in [0.1, 0.15) is 31.1 Å². The largest absolute Gasteiger partial charge is 0.478 e. The molecule has 0 atom stereocenters. The molecule has 3 aromatic heterocycles. The van der Waals surface area contributed by atoms with E-state index in [0.29, 0.717) is 0 Å². The number of hydrogen-bond acceptors (Lipinski definition) is 6. The molecule has 0 aliphatic carbocycles. The van der Waals surface area contributed by atoms with E-state index in [-0.39, 0.29) is 58.9 Å². The number of nitrogens with zero attached hydrogens (tertiary/aromatic N) is 3. The van der Waals surface area contributed by atoms with Crippen LogP contribution in [0.15, 0.2) is 48.8 Å². The average Bonchev–Trinajstić information content (AvgIpc) is 2.67. The van der Waals surface area contributed by atoms with Crippen LogP contribution in [0.2, 0.25) is 0 Å². The summed E-state index contributed by atoms with van der Waals surface area (Å²) >= 11 is 0. The smallest absolute Gasteiger partial charge is 0.335 e. The molecule has 142 valence electrons. The van der Waals surface area contributed by atoms with E-state index in [1.807, 2.05) is 0 Å². The average molecular weight is 466 g/mol. The summed E-state index contributed by atoms with van der Waals surface area (Å²) in [7, 11) is 0. The molecule has 0 radical (unpaired) electrons. The van der Waals surface area contributed by atoms with Crippen molar-refractivity contribution in [3.05, 3.63) is 65.5 Å². The van der Waals surface area contributed by atoms with E-state index in [2.05, 4.69) is 15.0 Å². The molecule has 0 amide bonds. The zero-order valence-corrected chi connectivity index (χ0v) is 15.6. The van der Waals surface area contributed by atoms with Gasteiger partial charge in [-0.05, 0) is 36.4 Å². The number of carboxylic acids is 3. The molecule has 0 aromatic carbocycles. The van der Waals surface area contributed by atoms with E-state index in [1.165, 1.54) is 48.8 Å². The van der Waals surface area contributed by atoms with Gasteiger partial charge in [0.2, 0.25) is 0 Å². The number of aromatic carboxylic acids is 3. The number of rotatable bonds is 5. The second kappa shape index (κ2) is 8.45. The molecule has 28 heavy (non-hydrogen) atoms. The fraction of sp³-hybridized carbons (Fsp3) is 0. The van der Waals surface area contributed by atoms with Gasteiger partial charge in [-0.1, -0.05) is 0 Å². The molecule has 0 saturated carbocycles. The molecule has 3 N–H and O–H groups in total. The van der Waals surface area contributed by atoms with E-state index in [4.69, 9.17) is 10.2 Å². The third-order valence-electron chi connectivity index (χ3n) is 3.61. The Morgan fingerprint density at radius 2 is 0.964 bits per heavy atom. The molecule has 0 fully saturated rings. The first kappa shape index (κ1) is 20.8. The quantitative estimate of drug-likeness (QED) is 0.481. The topological polar surface area (TPSA) is 151 Å². The van der Waals surface area contributed by atoms with Gasteiger partial charge >= 0.3 is 17.9 Å². The summed E-state index contributed by atoms with van der Waals surface area (Å²) in [4.78, 5) is 46.1. The maximum Gasteiger partial charge on any atom is 0.335 e. The molecule has 0 aliphatic heterocycles. The van der Waals surface area contributed by atoms with Crippen LogP contribution < -0.4 is 0 Å². The molecule has 3 rings (SSSR count). The zero-order chi connectivity index (χ0) is 19.6. The van der Waals surface area contributed by atoms with Crippen molar-refractivity contribution in [2.45, 2.75) is 0 Å².